The van der Waals surface area contributed by atoms with E-state index in [1.807, 2.05) is 12.1 Å². The van der Waals surface area contributed by atoms with E-state index in [1.54, 1.807) is 27.2 Å². The summed E-state index contributed by atoms with van der Waals surface area (Å²) in [4.78, 5) is 0. The number of hydrogen-bond acceptors (Lipinski definition) is 5. The maximum atomic E-state index is 9.71. The van der Waals surface area contributed by atoms with Gasteiger partial charge in [-0.1, -0.05) is 0 Å². The van der Waals surface area contributed by atoms with Crippen LogP contribution in [0.2, 0.25) is 0 Å². The molecule has 20 heavy (non-hydrogen) atoms. The van der Waals surface area contributed by atoms with Crippen molar-refractivity contribution < 1.29 is 24.1 Å². The van der Waals surface area contributed by atoms with Gasteiger partial charge in [-0.3, -0.25) is 0 Å². The molecule has 0 radical (unpaired) electrons. The molecule has 0 unspecified atom stereocenters. The molecule has 5 nitrogen and oxygen atoms in total. The van der Waals surface area contributed by atoms with Crippen LogP contribution in [0, 0.1) is 0 Å². The first-order valence-electron chi connectivity index (χ1n) is 6.74. The van der Waals surface area contributed by atoms with Crippen LogP contribution in [0.1, 0.15) is 25.0 Å². The van der Waals surface area contributed by atoms with E-state index < -0.39 is 6.10 Å². The van der Waals surface area contributed by atoms with E-state index in [-0.39, 0.29) is 0 Å². The maximum absolute atomic E-state index is 9.71. The topological polar surface area (TPSA) is 57.2 Å². The predicted octanol–water partition coefficient (Wildman–Crippen LogP) is 2.18. The van der Waals surface area contributed by atoms with E-state index in [4.69, 9.17) is 18.9 Å². The van der Waals surface area contributed by atoms with Crippen molar-refractivity contribution in [2.45, 2.75) is 19.4 Å². The molecule has 0 spiro atoms. The molecule has 0 aliphatic carbocycles. The van der Waals surface area contributed by atoms with Gasteiger partial charge in [0.25, 0.3) is 0 Å². The first-order valence-corrected chi connectivity index (χ1v) is 6.74. The highest BCUT2D eigenvalue weighted by atomic mass is 16.5. The normalized spacial score (nSPS) is 12.2. The highest BCUT2D eigenvalue weighted by molar-refractivity contribution is 5.41. The first kappa shape index (κ1) is 16.8. The van der Waals surface area contributed by atoms with Gasteiger partial charge in [0.2, 0.25) is 0 Å². The number of aliphatic hydroxyl groups is 1. The summed E-state index contributed by atoms with van der Waals surface area (Å²) in [6.45, 7) is 4.05. The Morgan fingerprint density at radius 3 is 2.55 bits per heavy atom. The fourth-order valence-corrected chi connectivity index (χ4v) is 1.70. The zero-order chi connectivity index (χ0) is 14.8. The van der Waals surface area contributed by atoms with Crippen molar-refractivity contribution in [3.63, 3.8) is 0 Å². The highest BCUT2D eigenvalue weighted by Crippen LogP contribution is 2.29. The third-order valence-corrected chi connectivity index (χ3v) is 2.79. The van der Waals surface area contributed by atoms with Crippen LogP contribution in [0.25, 0.3) is 0 Å². The van der Waals surface area contributed by atoms with Crippen molar-refractivity contribution in [2.24, 2.45) is 0 Å². The Labute approximate surface area is 120 Å². The largest absolute Gasteiger partial charge is 0.497 e. The Bertz CT molecular complexity index is 379. The smallest absolute Gasteiger partial charge is 0.128 e. The van der Waals surface area contributed by atoms with Gasteiger partial charge in [0.15, 0.2) is 0 Å². The maximum Gasteiger partial charge on any atom is 0.128 e. The van der Waals surface area contributed by atoms with Crippen molar-refractivity contribution in [2.75, 3.05) is 40.6 Å². The first-order chi connectivity index (χ1) is 9.69. The summed E-state index contributed by atoms with van der Waals surface area (Å²) in [5, 5.41) is 9.71. The van der Waals surface area contributed by atoms with E-state index in [9.17, 15) is 5.11 Å². The second-order valence-corrected chi connectivity index (χ2v) is 4.39. The molecular formula is C15H24O5. The second kappa shape index (κ2) is 9.58. The molecule has 0 aromatic heterocycles. The third kappa shape index (κ3) is 5.77. The van der Waals surface area contributed by atoms with Crippen LogP contribution >= 0.6 is 0 Å². The third-order valence-electron chi connectivity index (χ3n) is 2.79. The van der Waals surface area contributed by atoms with Gasteiger partial charge in [0.1, 0.15) is 11.5 Å². The van der Waals surface area contributed by atoms with E-state index >= 15 is 0 Å². The summed E-state index contributed by atoms with van der Waals surface area (Å²) in [6.07, 6.45) is 0.203. The van der Waals surface area contributed by atoms with E-state index in [0.29, 0.717) is 37.9 Å². The summed E-state index contributed by atoms with van der Waals surface area (Å²) in [7, 11) is 3.25. The molecule has 0 heterocycles. The number of hydrogen-bond donors (Lipinski definition) is 1. The number of rotatable bonds is 10. The summed E-state index contributed by atoms with van der Waals surface area (Å²) in [5.74, 6) is 1.36. The van der Waals surface area contributed by atoms with Crippen molar-refractivity contribution >= 4 is 0 Å². The van der Waals surface area contributed by atoms with Crippen molar-refractivity contribution in [1.82, 2.24) is 0 Å². The van der Waals surface area contributed by atoms with Gasteiger partial charge < -0.3 is 24.1 Å². The van der Waals surface area contributed by atoms with Crippen LogP contribution in [0.3, 0.4) is 0 Å². The molecule has 0 aliphatic rings. The molecule has 0 saturated heterocycles. The second-order valence-electron chi connectivity index (χ2n) is 4.39. The molecule has 0 bridgehead atoms. The molecule has 0 aliphatic heterocycles. The standard InChI is InChI=1S/C15H24O5/c1-12(16)14-6-5-13(18-3)11-15(14)20-8-4-7-19-10-9-17-2/h5-6,11-12,16H,4,7-10H2,1-3H3/t12-/m0/s1. The van der Waals surface area contributed by atoms with Crippen LogP contribution in [0.15, 0.2) is 18.2 Å². The highest BCUT2D eigenvalue weighted by Gasteiger charge is 2.10. The Morgan fingerprint density at radius 1 is 1.10 bits per heavy atom. The van der Waals surface area contributed by atoms with Crippen LogP contribution in [0.4, 0.5) is 0 Å². The zero-order valence-corrected chi connectivity index (χ0v) is 12.4. The van der Waals surface area contributed by atoms with E-state index in [0.717, 1.165) is 12.0 Å². The lowest BCUT2D eigenvalue weighted by molar-refractivity contribution is 0.0642. The van der Waals surface area contributed by atoms with E-state index in [2.05, 4.69) is 0 Å². The molecule has 0 amide bonds. The Kier molecular flexibility index (Phi) is 8.02. The molecule has 0 fully saturated rings. The van der Waals surface area contributed by atoms with E-state index in [1.165, 1.54) is 0 Å². The van der Waals surface area contributed by atoms with Gasteiger partial charge in [0.05, 0.1) is 33.0 Å². The van der Waals surface area contributed by atoms with Gasteiger partial charge in [-0.15, -0.1) is 0 Å². The summed E-state index contributed by atoms with van der Waals surface area (Å²) in [5.41, 5.74) is 0.756. The minimum absolute atomic E-state index is 0.528. The SMILES string of the molecule is COCCOCCCOc1cc(OC)ccc1[C@H](C)O. The number of aliphatic hydroxyl groups excluding tert-OH is 1. The van der Waals surface area contributed by atoms with Crippen LogP contribution in [0.5, 0.6) is 11.5 Å². The number of ether oxygens (including phenoxy) is 4. The molecule has 5 heteroatoms. The quantitative estimate of drug-likeness (QED) is 0.667. The van der Waals surface area contributed by atoms with Crippen LogP contribution in [-0.4, -0.2) is 45.8 Å². The number of benzene rings is 1. The Morgan fingerprint density at radius 2 is 1.90 bits per heavy atom. The summed E-state index contributed by atoms with van der Waals surface area (Å²) >= 11 is 0. The van der Waals surface area contributed by atoms with Crippen LogP contribution in [-0.2, 0) is 9.47 Å². The molecule has 0 saturated carbocycles. The van der Waals surface area contributed by atoms with Crippen LogP contribution < -0.4 is 9.47 Å². The molecule has 1 rings (SSSR count). The van der Waals surface area contributed by atoms with Crippen molar-refractivity contribution in [3.8, 4) is 11.5 Å². The lowest BCUT2D eigenvalue weighted by Crippen LogP contribution is -2.08. The van der Waals surface area contributed by atoms with Gasteiger partial charge >= 0.3 is 0 Å². The van der Waals surface area contributed by atoms with Crippen molar-refractivity contribution in [1.29, 1.82) is 0 Å². The van der Waals surface area contributed by atoms with Gasteiger partial charge in [-0.2, -0.15) is 0 Å². The molecule has 1 N–H and O–H groups in total. The minimum Gasteiger partial charge on any atom is -0.497 e. The fraction of sp³-hybridized carbons (Fsp3) is 0.600. The molecule has 1 atom stereocenters. The zero-order valence-electron chi connectivity index (χ0n) is 12.4. The van der Waals surface area contributed by atoms with Gasteiger partial charge in [-0.25, -0.2) is 0 Å². The molecule has 1 aromatic carbocycles. The lowest BCUT2D eigenvalue weighted by atomic mass is 10.1. The molecular weight excluding hydrogens is 260 g/mol. The Hall–Kier alpha value is -1.30. The molecule has 1 aromatic rings. The van der Waals surface area contributed by atoms with Gasteiger partial charge in [-0.05, 0) is 19.1 Å². The lowest BCUT2D eigenvalue weighted by Gasteiger charge is -2.14. The number of methoxy groups -OCH3 is 2. The summed E-state index contributed by atoms with van der Waals surface area (Å²) < 4.78 is 21.1. The monoisotopic (exact) mass is 284 g/mol. The molecule has 114 valence electrons. The summed E-state index contributed by atoms with van der Waals surface area (Å²) in [6, 6.07) is 5.41. The average molecular weight is 284 g/mol. The Balaban J connectivity index is 2.41. The fourth-order valence-electron chi connectivity index (χ4n) is 1.70. The average Bonchev–Trinajstić information content (AvgIpc) is 2.45. The van der Waals surface area contributed by atoms with Crippen molar-refractivity contribution in [3.05, 3.63) is 23.8 Å². The minimum atomic E-state index is -0.575. The predicted molar refractivity (Wildman–Crippen MR) is 76.4 cm³/mol. The van der Waals surface area contributed by atoms with Gasteiger partial charge in [0, 0.05) is 31.8 Å².